The zero-order valence-electron chi connectivity index (χ0n) is 17.7. The third kappa shape index (κ3) is 4.81. The van der Waals surface area contributed by atoms with Gasteiger partial charge in [-0.1, -0.05) is 0 Å². The minimum atomic E-state index is -0.549. The molecule has 2 N–H and O–H groups in total. The molecule has 9 nitrogen and oxygen atoms in total. The van der Waals surface area contributed by atoms with Gasteiger partial charge in [-0.2, -0.15) is 5.10 Å². The molecule has 10 heteroatoms. The summed E-state index contributed by atoms with van der Waals surface area (Å²) in [5.74, 6) is 0.0257. The lowest BCUT2D eigenvalue weighted by molar-refractivity contribution is -0.00282. The first-order valence-electron chi connectivity index (χ1n) is 10.3. The molecule has 0 aliphatic heterocycles. The Morgan fingerprint density at radius 2 is 2.03 bits per heavy atom. The van der Waals surface area contributed by atoms with Gasteiger partial charge >= 0.3 is 0 Å². The van der Waals surface area contributed by atoms with Crippen LogP contribution < -0.4 is 5.73 Å². The lowest BCUT2D eigenvalue weighted by Gasteiger charge is -2.30. The van der Waals surface area contributed by atoms with E-state index in [-0.39, 0.29) is 17.7 Å². The summed E-state index contributed by atoms with van der Waals surface area (Å²) in [6.45, 7) is 1.18. The fourth-order valence-corrected chi connectivity index (χ4v) is 4.61. The fourth-order valence-electron chi connectivity index (χ4n) is 4.06. The van der Waals surface area contributed by atoms with Crippen LogP contribution in [0.3, 0.4) is 0 Å². The van der Waals surface area contributed by atoms with E-state index in [1.807, 2.05) is 13.2 Å². The molecule has 164 valence electrons. The summed E-state index contributed by atoms with van der Waals surface area (Å²) in [4.78, 5) is 26.8. The highest BCUT2D eigenvalue weighted by atomic mass is 32.1. The number of methoxy groups -OCH3 is 1. The Hall–Kier alpha value is -2.69. The van der Waals surface area contributed by atoms with Crippen molar-refractivity contribution in [3.05, 3.63) is 35.4 Å². The van der Waals surface area contributed by atoms with Crippen LogP contribution in [0.1, 0.15) is 47.7 Å². The maximum Gasteiger partial charge on any atom is 0.267 e. The summed E-state index contributed by atoms with van der Waals surface area (Å²) >= 11 is 1.42. The van der Waals surface area contributed by atoms with E-state index >= 15 is 0 Å². The summed E-state index contributed by atoms with van der Waals surface area (Å²) < 4.78 is 12.7. The number of hydrogen-bond donors (Lipinski definition) is 1. The number of thiazole rings is 1. The molecule has 0 spiro atoms. The van der Waals surface area contributed by atoms with Gasteiger partial charge in [-0.15, -0.1) is 11.3 Å². The second-order valence-corrected chi connectivity index (χ2v) is 8.51. The molecule has 0 radical (unpaired) electrons. The number of ether oxygens (including phenoxy) is 2. The number of carbonyl (C=O) groups is 1. The number of aromatic nitrogens is 5. The van der Waals surface area contributed by atoms with E-state index in [0.29, 0.717) is 24.7 Å². The molecular formula is C21H26N6O3S. The van der Waals surface area contributed by atoms with Gasteiger partial charge in [0, 0.05) is 37.7 Å². The highest BCUT2D eigenvalue weighted by Crippen LogP contribution is 2.40. The molecule has 0 saturated heterocycles. The molecule has 1 saturated carbocycles. The molecule has 1 aliphatic carbocycles. The Bertz CT molecular complexity index is 1030. The SMILES string of the molecule is COCCOC1CCC(c2c(C(N)=O)nc(-c3cncs3)nc2-c2cnn(C)c2)CC1. The highest BCUT2D eigenvalue weighted by Gasteiger charge is 2.31. The van der Waals surface area contributed by atoms with Gasteiger partial charge in [0.15, 0.2) is 5.82 Å². The van der Waals surface area contributed by atoms with Gasteiger partial charge in [-0.05, 0) is 31.6 Å². The van der Waals surface area contributed by atoms with Gasteiger partial charge in [0.1, 0.15) is 5.69 Å². The Labute approximate surface area is 184 Å². The zero-order valence-corrected chi connectivity index (χ0v) is 18.5. The van der Waals surface area contributed by atoms with Crippen LogP contribution in [0.5, 0.6) is 0 Å². The number of carbonyl (C=O) groups excluding carboxylic acids is 1. The molecule has 1 amide bonds. The number of nitrogens with zero attached hydrogens (tertiary/aromatic N) is 5. The Morgan fingerprint density at radius 1 is 1.23 bits per heavy atom. The second-order valence-electron chi connectivity index (χ2n) is 7.63. The second kappa shape index (κ2) is 9.63. The number of primary amides is 1. The molecule has 4 rings (SSSR count). The lowest BCUT2D eigenvalue weighted by atomic mass is 9.80. The molecule has 1 fully saturated rings. The molecule has 0 aromatic carbocycles. The molecule has 0 bridgehead atoms. The molecule has 3 heterocycles. The predicted octanol–water partition coefficient (Wildman–Crippen LogP) is 2.79. The van der Waals surface area contributed by atoms with Crippen molar-refractivity contribution in [1.82, 2.24) is 24.7 Å². The summed E-state index contributed by atoms with van der Waals surface area (Å²) in [6, 6.07) is 0. The van der Waals surface area contributed by atoms with Crippen LogP contribution in [0.2, 0.25) is 0 Å². The number of aryl methyl sites for hydroxylation is 1. The van der Waals surface area contributed by atoms with Crippen LogP contribution in [0.15, 0.2) is 24.1 Å². The number of amides is 1. The van der Waals surface area contributed by atoms with E-state index in [4.69, 9.17) is 20.2 Å². The average Bonchev–Trinajstić information content (AvgIpc) is 3.46. The van der Waals surface area contributed by atoms with Gasteiger partial charge in [0.05, 0.1) is 41.6 Å². The zero-order chi connectivity index (χ0) is 21.8. The molecule has 1 aliphatic rings. The first kappa shape index (κ1) is 21.5. The van der Waals surface area contributed by atoms with E-state index in [9.17, 15) is 4.79 Å². The lowest BCUT2D eigenvalue weighted by Crippen LogP contribution is -2.25. The minimum absolute atomic E-state index is 0.121. The molecule has 0 atom stereocenters. The van der Waals surface area contributed by atoms with Crippen LogP contribution >= 0.6 is 11.3 Å². The van der Waals surface area contributed by atoms with Crippen molar-refractivity contribution in [2.75, 3.05) is 20.3 Å². The number of rotatable bonds is 8. The largest absolute Gasteiger partial charge is 0.382 e. The minimum Gasteiger partial charge on any atom is -0.382 e. The van der Waals surface area contributed by atoms with Crippen LogP contribution in [0.25, 0.3) is 22.0 Å². The maximum atomic E-state index is 12.5. The summed E-state index contributed by atoms with van der Waals surface area (Å²) in [6.07, 6.45) is 9.08. The topological polar surface area (TPSA) is 118 Å². The van der Waals surface area contributed by atoms with Crippen molar-refractivity contribution in [2.45, 2.75) is 37.7 Å². The van der Waals surface area contributed by atoms with Crippen molar-refractivity contribution < 1.29 is 14.3 Å². The smallest absolute Gasteiger partial charge is 0.267 e. The fraction of sp³-hybridized carbons (Fsp3) is 0.476. The highest BCUT2D eigenvalue weighted by molar-refractivity contribution is 7.13. The monoisotopic (exact) mass is 442 g/mol. The quantitative estimate of drug-likeness (QED) is 0.533. The summed E-state index contributed by atoms with van der Waals surface area (Å²) in [5.41, 5.74) is 10.2. The van der Waals surface area contributed by atoms with Crippen LogP contribution in [0.4, 0.5) is 0 Å². The van der Waals surface area contributed by atoms with Crippen molar-refractivity contribution in [1.29, 1.82) is 0 Å². The maximum absolute atomic E-state index is 12.5. The van der Waals surface area contributed by atoms with E-state index in [0.717, 1.165) is 41.7 Å². The first-order chi connectivity index (χ1) is 15.1. The third-order valence-corrected chi connectivity index (χ3v) is 6.30. The third-order valence-electron chi connectivity index (χ3n) is 5.53. The molecular weight excluding hydrogens is 416 g/mol. The summed E-state index contributed by atoms with van der Waals surface area (Å²) in [5, 5.41) is 4.30. The Morgan fingerprint density at radius 3 is 2.65 bits per heavy atom. The van der Waals surface area contributed by atoms with Crippen molar-refractivity contribution >= 4 is 17.2 Å². The van der Waals surface area contributed by atoms with E-state index in [1.54, 1.807) is 29.7 Å². The number of hydrogen-bond acceptors (Lipinski definition) is 8. The normalized spacial score (nSPS) is 18.9. The standard InChI is InChI=1S/C21H26N6O3S/c1-27-11-14(9-24-27)18-17(13-3-5-15(6-4-13)30-8-7-29-2)19(20(22)28)26-21(25-18)16-10-23-12-31-16/h9-13,15H,3-8H2,1-2H3,(H2,22,28). The molecule has 3 aromatic rings. The van der Waals surface area contributed by atoms with Gasteiger partial charge in [0.25, 0.3) is 5.91 Å². The van der Waals surface area contributed by atoms with Crippen LogP contribution in [-0.2, 0) is 16.5 Å². The van der Waals surface area contributed by atoms with E-state index in [1.165, 1.54) is 11.3 Å². The molecule has 3 aromatic heterocycles. The van der Waals surface area contributed by atoms with Crippen LogP contribution in [-0.4, -0.2) is 57.1 Å². The van der Waals surface area contributed by atoms with Gasteiger partial charge < -0.3 is 15.2 Å². The summed E-state index contributed by atoms with van der Waals surface area (Å²) in [7, 11) is 3.52. The predicted molar refractivity (Wildman–Crippen MR) is 117 cm³/mol. The van der Waals surface area contributed by atoms with Crippen molar-refractivity contribution in [3.63, 3.8) is 0 Å². The van der Waals surface area contributed by atoms with Crippen LogP contribution in [0, 0.1) is 0 Å². The van der Waals surface area contributed by atoms with Gasteiger partial charge in [-0.25, -0.2) is 9.97 Å². The first-order valence-corrected chi connectivity index (χ1v) is 11.1. The molecule has 31 heavy (non-hydrogen) atoms. The van der Waals surface area contributed by atoms with E-state index in [2.05, 4.69) is 15.1 Å². The average molecular weight is 443 g/mol. The van der Waals surface area contributed by atoms with Gasteiger partial charge in [-0.3, -0.25) is 14.5 Å². The molecule has 0 unspecified atom stereocenters. The Kier molecular flexibility index (Phi) is 6.69. The Balaban J connectivity index is 1.71. The number of nitrogens with two attached hydrogens (primary N) is 1. The van der Waals surface area contributed by atoms with Crippen molar-refractivity contribution in [3.8, 4) is 22.0 Å². The van der Waals surface area contributed by atoms with Crippen molar-refractivity contribution in [2.24, 2.45) is 12.8 Å². The van der Waals surface area contributed by atoms with Gasteiger partial charge in [0.2, 0.25) is 0 Å². The van der Waals surface area contributed by atoms with E-state index < -0.39 is 5.91 Å².